The minimum Gasteiger partial charge on any atom is -0.405 e. The van der Waals surface area contributed by atoms with Crippen molar-refractivity contribution in [1.29, 1.82) is 0 Å². The van der Waals surface area contributed by atoms with Gasteiger partial charge in [-0.1, -0.05) is 6.07 Å². The van der Waals surface area contributed by atoms with Crippen molar-refractivity contribution in [1.82, 2.24) is 0 Å². The second kappa shape index (κ2) is 5.92. The van der Waals surface area contributed by atoms with Crippen LogP contribution in [0.25, 0.3) is 5.70 Å². The van der Waals surface area contributed by atoms with E-state index in [1.807, 2.05) is 13.0 Å². The van der Waals surface area contributed by atoms with Crippen molar-refractivity contribution in [2.45, 2.75) is 25.7 Å². The van der Waals surface area contributed by atoms with Gasteiger partial charge in [0.05, 0.1) is 0 Å². The number of rotatable bonds is 4. The number of nitrogens with two attached hydrogens (primary N) is 2. The van der Waals surface area contributed by atoms with Crippen LogP contribution >= 0.6 is 0 Å². The number of aryl methyl sites for hydroxylation is 1. The van der Waals surface area contributed by atoms with Gasteiger partial charge in [0.2, 0.25) is 5.91 Å². The summed E-state index contributed by atoms with van der Waals surface area (Å²) in [6.45, 7) is 1.92. The Morgan fingerprint density at radius 3 is 2.62 bits per heavy atom. The first-order valence-corrected chi connectivity index (χ1v) is 7.98. The molecule has 24 heavy (non-hydrogen) atoms. The molecule has 0 heterocycles. The third-order valence-electron chi connectivity index (χ3n) is 5.02. The van der Waals surface area contributed by atoms with Crippen LogP contribution in [-0.2, 0) is 4.79 Å². The Kier molecular flexibility index (Phi) is 4.07. The van der Waals surface area contributed by atoms with Gasteiger partial charge in [-0.3, -0.25) is 4.79 Å². The number of anilines is 1. The summed E-state index contributed by atoms with van der Waals surface area (Å²) < 4.78 is 26.5. The minimum absolute atomic E-state index is 0.197. The second-order valence-electron chi connectivity index (χ2n) is 6.58. The lowest BCUT2D eigenvalue weighted by atomic mass is 10.0. The molecule has 2 unspecified atom stereocenters. The van der Waals surface area contributed by atoms with Crippen molar-refractivity contribution >= 4 is 17.3 Å². The fraction of sp³-hybridized carbons (Fsp3) is 0.389. The molecule has 0 bridgehead atoms. The molecule has 1 aromatic carbocycles. The van der Waals surface area contributed by atoms with Crippen molar-refractivity contribution < 1.29 is 13.6 Å². The number of alkyl halides is 2. The maximum Gasteiger partial charge on any atom is 0.254 e. The van der Waals surface area contributed by atoms with Crippen molar-refractivity contribution in [3.05, 3.63) is 47.7 Å². The van der Waals surface area contributed by atoms with Crippen LogP contribution in [0.1, 0.15) is 24.0 Å². The second-order valence-corrected chi connectivity index (χ2v) is 6.58. The summed E-state index contributed by atoms with van der Waals surface area (Å²) in [5, 5.41) is 2.82. The summed E-state index contributed by atoms with van der Waals surface area (Å²) in [7, 11) is 0. The maximum atomic E-state index is 13.2. The van der Waals surface area contributed by atoms with Crippen LogP contribution in [0.4, 0.5) is 14.5 Å². The SMILES string of the molecule is Cc1ccc(NC(=O)C2CC3C(C2)C3(F)F)cc1/C(N)=C/C=C\N. The largest absolute Gasteiger partial charge is 0.405 e. The summed E-state index contributed by atoms with van der Waals surface area (Å²) in [5.41, 5.74) is 14.2. The quantitative estimate of drug-likeness (QED) is 0.741. The third-order valence-corrected chi connectivity index (χ3v) is 5.02. The molecule has 0 radical (unpaired) electrons. The fourth-order valence-electron chi connectivity index (χ4n) is 3.53. The Balaban J connectivity index is 1.69. The average Bonchev–Trinajstić information content (AvgIpc) is 2.92. The topological polar surface area (TPSA) is 81.1 Å². The number of carbonyl (C=O) groups is 1. The predicted molar refractivity (Wildman–Crippen MR) is 90.0 cm³/mol. The number of fused-ring (bicyclic) bond motifs is 1. The van der Waals surface area contributed by atoms with Gasteiger partial charge in [0.1, 0.15) is 0 Å². The van der Waals surface area contributed by atoms with Gasteiger partial charge < -0.3 is 16.8 Å². The monoisotopic (exact) mass is 333 g/mol. The molecule has 0 aliphatic heterocycles. The lowest BCUT2D eigenvalue weighted by Crippen LogP contribution is -2.24. The zero-order chi connectivity index (χ0) is 17.5. The van der Waals surface area contributed by atoms with Crippen molar-refractivity contribution in [3.63, 3.8) is 0 Å². The van der Waals surface area contributed by atoms with Crippen molar-refractivity contribution in [2.75, 3.05) is 5.32 Å². The molecule has 2 fully saturated rings. The molecule has 1 amide bonds. The fourth-order valence-corrected chi connectivity index (χ4v) is 3.53. The van der Waals surface area contributed by atoms with E-state index in [9.17, 15) is 13.6 Å². The first-order chi connectivity index (χ1) is 11.3. The summed E-state index contributed by atoms with van der Waals surface area (Å²) >= 11 is 0. The Labute approximate surface area is 139 Å². The first kappa shape index (κ1) is 16.5. The summed E-state index contributed by atoms with van der Waals surface area (Å²) in [4.78, 5) is 12.3. The molecule has 128 valence electrons. The molecular weight excluding hydrogens is 312 g/mol. The number of amides is 1. The molecular formula is C18H21F2N3O. The van der Waals surface area contributed by atoms with Gasteiger partial charge in [0.25, 0.3) is 5.92 Å². The van der Waals surface area contributed by atoms with Crippen LogP contribution in [0.2, 0.25) is 0 Å². The van der Waals surface area contributed by atoms with E-state index in [1.54, 1.807) is 24.3 Å². The molecule has 1 aromatic rings. The molecule has 3 rings (SSSR count). The normalized spacial score (nSPS) is 28.0. The van der Waals surface area contributed by atoms with Crippen molar-refractivity contribution in [3.8, 4) is 0 Å². The van der Waals surface area contributed by atoms with E-state index in [-0.39, 0.29) is 24.7 Å². The summed E-state index contributed by atoms with van der Waals surface area (Å²) in [6, 6.07) is 5.43. The predicted octanol–water partition coefficient (Wildman–Crippen LogP) is 3.00. The molecule has 5 N–H and O–H groups in total. The standard InChI is InChI=1S/C18H21F2N3O/c1-10-4-5-12(9-13(10)16(22)3-2-6-21)23-17(24)11-7-14-15(8-11)18(14,19)20/h2-6,9,11,14-15H,7-8,21-22H2,1H3,(H,23,24)/b6-2-,16-3-. The van der Waals surface area contributed by atoms with Gasteiger partial charge in [-0.15, -0.1) is 0 Å². The van der Waals surface area contributed by atoms with Crippen LogP contribution in [-0.4, -0.2) is 11.8 Å². The highest BCUT2D eigenvalue weighted by atomic mass is 19.3. The van der Waals surface area contributed by atoms with Crippen LogP contribution in [0, 0.1) is 24.7 Å². The molecule has 0 saturated heterocycles. The van der Waals surface area contributed by atoms with Gasteiger partial charge in [0.15, 0.2) is 0 Å². The third kappa shape index (κ3) is 2.88. The van der Waals surface area contributed by atoms with E-state index in [1.165, 1.54) is 6.20 Å². The number of allylic oxidation sites excluding steroid dienone is 2. The highest BCUT2D eigenvalue weighted by molar-refractivity contribution is 5.93. The van der Waals surface area contributed by atoms with E-state index in [0.717, 1.165) is 11.1 Å². The van der Waals surface area contributed by atoms with Crippen LogP contribution in [0.3, 0.4) is 0 Å². The molecule has 2 aliphatic carbocycles. The van der Waals surface area contributed by atoms with Crippen LogP contribution in [0.5, 0.6) is 0 Å². The Hall–Kier alpha value is -2.37. The summed E-state index contributed by atoms with van der Waals surface area (Å²) in [6.07, 6.45) is 5.23. The Bertz CT molecular complexity index is 713. The highest BCUT2D eigenvalue weighted by Gasteiger charge is 2.72. The van der Waals surface area contributed by atoms with Crippen LogP contribution in [0.15, 0.2) is 36.6 Å². The van der Waals surface area contributed by atoms with Gasteiger partial charge >= 0.3 is 0 Å². The molecule has 2 saturated carbocycles. The van der Waals surface area contributed by atoms with Crippen LogP contribution < -0.4 is 16.8 Å². The van der Waals surface area contributed by atoms with Gasteiger partial charge in [-0.25, -0.2) is 8.78 Å². The molecule has 0 aromatic heterocycles. The number of halogens is 2. The van der Waals surface area contributed by atoms with Gasteiger partial charge in [-0.2, -0.15) is 0 Å². The first-order valence-electron chi connectivity index (χ1n) is 7.98. The Morgan fingerprint density at radius 1 is 1.33 bits per heavy atom. The molecule has 4 nitrogen and oxygen atoms in total. The number of hydrogen-bond donors (Lipinski definition) is 3. The Morgan fingerprint density at radius 2 is 2.00 bits per heavy atom. The molecule has 6 heteroatoms. The number of hydrogen-bond acceptors (Lipinski definition) is 3. The van der Waals surface area contributed by atoms with E-state index in [2.05, 4.69) is 5.32 Å². The van der Waals surface area contributed by atoms with E-state index in [0.29, 0.717) is 11.4 Å². The maximum absolute atomic E-state index is 13.2. The van der Waals surface area contributed by atoms with Gasteiger partial charge in [-0.05, 0) is 55.8 Å². The molecule has 0 spiro atoms. The minimum atomic E-state index is -2.55. The lowest BCUT2D eigenvalue weighted by Gasteiger charge is -2.15. The van der Waals surface area contributed by atoms with Gasteiger partial charge in [0, 0.05) is 34.7 Å². The highest BCUT2D eigenvalue weighted by Crippen LogP contribution is 2.65. The number of carbonyl (C=O) groups excluding carboxylic acids is 1. The average molecular weight is 333 g/mol. The smallest absolute Gasteiger partial charge is 0.254 e. The lowest BCUT2D eigenvalue weighted by molar-refractivity contribution is -0.120. The van der Waals surface area contributed by atoms with E-state index in [4.69, 9.17) is 11.5 Å². The van der Waals surface area contributed by atoms with E-state index >= 15 is 0 Å². The number of nitrogens with one attached hydrogen (secondary N) is 1. The number of benzene rings is 1. The van der Waals surface area contributed by atoms with E-state index < -0.39 is 17.8 Å². The molecule has 2 aliphatic rings. The van der Waals surface area contributed by atoms with Crippen molar-refractivity contribution in [2.24, 2.45) is 29.2 Å². The zero-order valence-corrected chi connectivity index (χ0v) is 13.4. The summed E-state index contributed by atoms with van der Waals surface area (Å²) in [5.74, 6) is -4.30. The zero-order valence-electron chi connectivity index (χ0n) is 13.4. The molecule has 2 atom stereocenters.